The molecule has 0 amide bonds. The van der Waals surface area contributed by atoms with Gasteiger partial charge >= 0.3 is 0 Å². The third-order valence-electron chi connectivity index (χ3n) is 0.773. The molecule has 0 heterocycles. The highest BCUT2D eigenvalue weighted by Crippen LogP contribution is 1.79. The summed E-state index contributed by atoms with van der Waals surface area (Å²) in [6.45, 7) is 9.53. The topological polar surface area (TPSA) is 0 Å². The van der Waals surface area contributed by atoms with Gasteiger partial charge in [-0.25, -0.2) is 0 Å². The summed E-state index contributed by atoms with van der Waals surface area (Å²) < 4.78 is 0. The van der Waals surface area contributed by atoms with E-state index in [1.54, 1.807) is 6.08 Å². The molecule has 0 N–H and O–H groups in total. The van der Waals surface area contributed by atoms with Crippen molar-refractivity contribution in [2.75, 3.05) is 0 Å². The third-order valence-corrected chi connectivity index (χ3v) is 0.773. The third kappa shape index (κ3) is 17.6. The van der Waals surface area contributed by atoms with Crippen molar-refractivity contribution < 1.29 is 0 Å². The average Bonchev–Trinajstić information content (AvgIpc) is 2.08. The fourth-order valence-corrected chi connectivity index (χ4v) is 0.382. The number of hydrogen-bond acceptors (Lipinski definition) is 0. The summed E-state index contributed by atoms with van der Waals surface area (Å²) in [6.07, 6.45) is 13.5. The fraction of sp³-hybridized carbons (Fsp3) is 0.273. The van der Waals surface area contributed by atoms with Gasteiger partial charge < -0.3 is 0 Å². The first kappa shape index (κ1) is 12.6. The van der Waals surface area contributed by atoms with E-state index in [2.05, 4.69) is 6.58 Å². The zero-order valence-electron chi connectivity index (χ0n) is 7.75. The maximum absolute atomic E-state index is 3.54. The zero-order chi connectivity index (χ0) is 8.95. The molecule has 0 spiro atoms. The van der Waals surface area contributed by atoms with E-state index < -0.39 is 0 Å². The van der Waals surface area contributed by atoms with Crippen LogP contribution in [0.1, 0.15) is 20.8 Å². The Balaban J connectivity index is 0. The molecule has 0 aliphatic heterocycles. The highest BCUT2D eigenvalue weighted by atomic mass is 13.6. The molecular weight excluding hydrogens is 132 g/mol. The second-order valence-corrected chi connectivity index (χ2v) is 1.53. The standard InChI is InChI=1S/C9H12.C2H6/c1-3-5-7-9-8-6-4-2;1-2/h3-9H,1H2,2H3;1-2H3/b6-4-,7-5-,9-8-;. The van der Waals surface area contributed by atoms with Gasteiger partial charge in [0.25, 0.3) is 0 Å². The summed E-state index contributed by atoms with van der Waals surface area (Å²) in [5.74, 6) is 0. The van der Waals surface area contributed by atoms with E-state index in [1.807, 2.05) is 57.2 Å². The van der Waals surface area contributed by atoms with Gasteiger partial charge in [0.1, 0.15) is 0 Å². The van der Waals surface area contributed by atoms with Gasteiger partial charge in [-0.3, -0.25) is 0 Å². The molecule has 0 nitrogen and oxygen atoms in total. The predicted octanol–water partition coefficient (Wildman–Crippen LogP) is 3.89. The first-order chi connectivity index (χ1) is 5.41. The molecule has 0 saturated carbocycles. The van der Waals surface area contributed by atoms with E-state index in [-0.39, 0.29) is 0 Å². The van der Waals surface area contributed by atoms with E-state index in [0.717, 1.165) is 0 Å². The van der Waals surface area contributed by atoms with Crippen molar-refractivity contribution in [3.63, 3.8) is 0 Å². The lowest BCUT2D eigenvalue weighted by Crippen LogP contribution is -1.47. The molecule has 0 aliphatic rings. The minimum Gasteiger partial charge on any atom is -0.0991 e. The Labute approximate surface area is 70.6 Å². The van der Waals surface area contributed by atoms with Gasteiger partial charge in [-0.2, -0.15) is 0 Å². The minimum absolute atomic E-state index is 1.75. The van der Waals surface area contributed by atoms with E-state index in [4.69, 9.17) is 0 Å². The van der Waals surface area contributed by atoms with Crippen molar-refractivity contribution >= 4 is 0 Å². The van der Waals surface area contributed by atoms with Crippen molar-refractivity contribution in [3.8, 4) is 0 Å². The van der Waals surface area contributed by atoms with Crippen LogP contribution in [0.4, 0.5) is 0 Å². The number of allylic oxidation sites excluding steroid dienone is 7. The number of rotatable bonds is 3. The first-order valence-corrected chi connectivity index (χ1v) is 3.99. The molecule has 0 radical (unpaired) electrons. The predicted molar refractivity (Wildman–Crippen MR) is 54.6 cm³/mol. The summed E-state index contributed by atoms with van der Waals surface area (Å²) in [5, 5.41) is 0. The SMILES string of the molecule is C=C\C=C/C=C\C=C/C.CC. The highest BCUT2D eigenvalue weighted by Gasteiger charge is 1.57. The normalized spacial score (nSPS) is 10.5. The van der Waals surface area contributed by atoms with Crippen molar-refractivity contribution in [2.24, 2.45) is 0 Å². The van der Waals surface area contributed by atoms with Crippen LogP contribution in [0.3, 0.4) is 0 Å². The van der Waals surface area contributed by atoms with Crippen LogP contribution in [-0.4, -0.2) is 0 Å². The first-order valence-electron chi connectivity index (χ1n) is 3.99. The van der Waals surface area contributed by atoms with Gasteiger partial charge in [-0.1, -0.05) is 63.0 Å². The monoisotopic (exact) mass is 150 g/mol. The molecule has 0 rings (SSSR count). The smallest absolute Gasteiger partial charge is 0.0467 e. The molecule has 11 heavy (non-hydrogen) atoms. The van der Waals surface area contributed by atoms with Crippen molar-refractivity contribution in [1.29, 1.82) is 0 Å². The summed E-state index contributed by atoms with van der Waals surface area (Å²) in [5.41, 5.74) is 0. The molecule has 0 aliphatic carbocycles. The Kier molecular flexibility index (Phi) is 18.3. The van der Waals surface area contributed by atoms with Crippen LogP contribution in [0.25, 0.3) is 0 Å². The van der Waals surface area contributed by atoms with Gasteiger partial charge in [0, 0.05) is 0 Å². The lowest BCUT2D eigenvalue weighted by Gasteiger charge is -1.69. The van der Waals surface area contributed by atoms with Gasteiger partial charge in [0.2, 0.25) is 0 Å². The van der Waals surface area contributed by atoms with Crippen LogP contribution >= 0.6 is 0 Å². The highest BCUT2D eigenvalue weighted by molar-refractivity contribution is 5.13. The summed E-state index contributed by atoms with van der Waals surface area (Å²) in [6, 6.07) is 0. The molecular formula is C11H18. The second kappa shape index (κ2) is 16.0. The van der Waals surface area contributed by atoms with Crippen LogP contribution in [0.5, 0.6) is 0 Å². The van der Waals surface area contributed by atoms with Gasteiger partial charge in [0.15, 0.2) is 0 Å². The van der Waals surface area contributed by atoms with Crippen LogP contribution in [0.2, 0.25) is 0 Å². The van der Waals surface area contributed by atoms with Gasteiger partial charge in [-0.05, 0) is 6.92 Å². The van der Waals surface area contributed by atoms with Gasteiger partial charge in [0.05, 0.1) is 0 Å². The van der Waals surface area contributed by atoms with Crippen LogP contribution in [0, 0.1) is 0 Å². The largest absolute Gasteiger partial charge is 0.0991 e. The zero-order valence-corrected chi connectivity index (χ0v) is 7.75. The molecule has 0 aromatic carbocycles. The van der Waals surface area contributed by atoms with Crippen molar-refractivity contribution in [3.05, 3.63) is 49.1 Å². The molecule has 0 unspecified atom stereocenters. The Morgan fingerprint density at radius 3 is 1.73 bits per heavy atom. The van der Waals surface area contributed by atoms with E-state index in [0.29, 0.717) is 0 Å². The molecule has 0 aromatic heterocycles. The lowest BCUT2D eigenvalue weighted by molar-refractivity contribution is 1.50. The molecule has 0 saturated heterocycles. The molecule has 0 aromatic rings. The summed E-state index contributed by atoms with van der Waals surface area (Å²) in [4.78, 5) is 0. The second-order valence-electron chi connectivity index (χ2n) is 1.53. The van der Waals surface area contributed by atoms with E-state index in [9.17, 15) is 0 Å². The van der Waals surface area contributed by atoms with Crippen molar-refractivity contribution in [2.45, 2.75) is 20.8 Å². The average molecular weight is 150 g/mol. The molecule has 0 fully saturated rings. The Morgan fingerprint density at radius 1 is 0.818 bits per heavy atom. The molecule has 0 atom stereocenters. The van der Waals surface area contributed by atoms with E-state index in [1.165, 1.54) is 0 Å². The maximum atomic E-state index is 3.54. The quantitative estimate of drug-likeness (QED) is 0.535. The van der Waals surface area contributed by atoms with E-state index >= 15 is 0 Å². The minimum atomic E-state index is 1.75. The van der Waals surface area contributed by atoms with Crippen LogP contribution < -0.4 is 0 Å². The van der Waals surface area contributed by atoms with Crippen LogP contribution in [0.15, 0.2) is 49.1 Å². The summed E-state index contributed by atoms with van der Waals surface area (Å²) in [7, 11) is 0. The Hall–Kier alpha value is -1.04. The number of hydrogen-bond donors (Lipinski definition) is 0. The lowest BCUT2D eigenvalue weighted by atomic mass is 10.4. The van der Waals surface area contributed by atoms with Crippen LogP contribution in [-0.2, 0) is 0 Å². The van der Waals surface area contributed by atoms with Gasteiger partial charge in [-0.15, -0.1) is 0 Å². The summed E-state index contributed by atoms with van der Waals surface area (Å²) >= 11 is 0. The van der Waals surface area contributed by atoms with Crippen molar-refractivity contribution in [1.82, 2.24) is 0 Å². The molecule has 0 bridgehead atoms. The Bertz CT molecular complexity index is 136. The molecule has 62 valence electrons. The molecule has 0 heteroatoms. The maximum Gasteiger partial charge on any atom is -0.0467 e. The Morgan fingerprint density at radius 2 is 1.27 bits per heavy atom. The fourth-order valence-electron chi connectivity index (χ4n) is 0.382.